The van der Waals surface area contributed by atoms with Gasteiger partial charge in [-0.05, 0) is 61.9 Å². The molecule has 0 aliphatic heterocycles. The van der Waals surface area contributed by atoms with Gasteiger partial charge in [0.15, 0.2) is 0 Å². The molecule has 0 atom stereocenters. The van der Waals surface area contributed by atoms with Crippen molar-refractivity contribution in [2.24, 2.45) is 0 Å². The van der Waals surface area contributed by atoms with E-state index in [1.165, 1.54) is 25.3 Å². The predicted octanol–water partition coefficient (Wildman–Crippen LogP) is 4.80. The van der Waals surface area contributed by atoms with E-state index in [0.29, 0.717) is 10.7 Å². The number of carbonyl (C=O) groups is 1. The number of ether oxygens (including phenoxy) is 1. The van der Waals surface area contributed by atoms with Gasteiger partial charge in [0.1, 0.15) is 12.3 Å². The summed E-state index contributed by atoms with van der Waals surface area (Å²) in [7, 11) is -2.66. The van der Waals surface area contributed by atoms with Crippen LogP contribution in [0.15, 0.2) is 71.6 Å². The number of methoxy groups -OCH3 is 1. The molecular weight excluding hydrogens is 436 g/mol. The van der Waals surface area contributed by atoms with Gasteiger partial charge in [-0.1, -0.05) is 41.4 Å². The molecule has 3 rings (SSSR count). The van der Waals surface area contributed by atoms with Crippen molar-refractivity contribution in [3.05, 3.63) is 82.9 Å². The second-order valence-electron chi connectivity index (χ2n) is 7.06. The zero-order chi connectivity index (χ0) is 22.6. The molecule has 0 aliphatic carbocycles. The molecule has 1 N–H and O–H groups in total. The van der Waals surface area contributed by atoms with Crippen LogP contribution in [-0.4, -0.2) is 28.0 Å². The summed E-state index contributed by atoms with van der Waals surface area (Å²) in [4.78, 5) is 12.9. The normalized spacial score (nSPS) is 11.1. The summed E-state index contributed by atoms with van der Waals surface area (Å²) < 4.78 is 33.4. The Balaban J connectivity index is 2.03. The highest BCUT2D eigenvalue weighted by atomic mass is 35.5. The Bertz CT molecular complexity index is 1190. The molecule has 0 radical (unpaired) electrons. The van der Waals surface area contributed by atoms with E-state index in [1.54, 1.807) is 36.4 Å². The molecule has 31 heavy (non-hydrogen) atoms. The molecule has 3 aromatic rings. The van der Waals surface area contributed by atoms with Crippen LogP contribution < -0.4 is 14.4 Å². The van der Waals surface area contributed by atoms with Crippen LogP contribution in [0.3, 0.4) is 0 Å². The zero-order valence-electron chi connectivity index (χ0n) is 17.4. The third-order valence-corrected chi connectivity index (χ3v) is 6.62. The molecule has 8 heteroatoms. The number of carbonyl (C=O) groups excluding carboxylic acids is 1. The number of nitrogens with one attached hydrogen (secondary N) is 1. The monoisotopic (exact) mass is 458 g/mol. The van der Waals surface area contributed by atoms with E-state index in [9.17, 15) is 13.2 Å². The van der Waals surface area contributed by atoms with E-state index >= 15 is 0 Å². The number of hydrogen-bond acceptors (Lipinski definition) is 4. The van der Waals surface area contributed by atoms with Gasteiger partial charge in [-0.2, -0.15) is 0 Å². The molecule has 0 spiro atoms. The first-order chi connectivity index (χ1) is 14.7. The van der Waals surface area contributed by atoms with Crippen molar-refractivity contribution in [3.8, 4) is 5.75 Å². The van der Waals surface area contributed by atoms with Crippen molar-refractivity contribution >= 4 is 38.9 Å². The number of sulfonamides is 1. The summed E-state index contributed by atoms with van der Waals surface area (Å²) in [5, 5.41) is 3.07. The van der Waals surface area contributed by atoms with Crippen molar-refractivity contribution < 1.29 is 17.9 Å². The summed E-state index contributed by atoms with van der Waals surface area (Å²) in [5.74, 6) is -0.216. The molecule has 0 bridgehead atoms. The summed E-state index contributed by atoms with van der Waals surface area (Å²) in [6, 6.07) is 18.3. The van der Waals surface area contributed by atoms with Crippen LogP contribution in [0.5, 0.6) is 5.75 Å². The predicted molar refractivity (Wildman–Crippen MR) is 124 cm³/mol. The Labute approximate surface area is 187 Å². The Morgan fingerprint density at radius 1 is 1.00 bits per heavy atom. The van der Waals surface area contributed by atoms with Crippen molar-refractivity contribution in [3.63, 3.8) is 0 Å². The van der Waals surface area contributed by atoms with Gasteiger partial charge in [-0.15, -0.1) is 0 Å². The van der Waals surface area contributed by atoms with E-state index < -0.39 is 22.5 Å². The highest BCUT2D eigenvalue weighted by molar-refractivity contribution is 7.92. The van der Waals surface area contributed by atoms with Crippen LogP contribution in [0.1, 0.15) is 11.1 Å². The van der Waals surface area contributed by atoms with Crippen LogP contribution in [-0.2, 0) is 14.8 Å². The van der Waals surface area contributed by atoms with Gasteiger partial charge < -0.3 is 10.1 Å². The Kier molecular flexibility index (Phi) is 6.87. The Morgan fingerprint density at radius 2 is 1.71 bits per heavy atom. The number of benzene rings is 3. The molecule has 6 nitrogen and oxygen atoms in total. The van der Waals surface area contributed by atoms with Crippen molar-refractivity contribution in [1.29, 1.82) is 0 Å². The maximum atomic E-state index is 13.5. The second kappa shape index (κ2) is 9.41. The third kappa shape index (κ3) is 5.37. The fourth-order valence-electron chi connectivity index (χ4n) is 3.05. The summed E-state index contributed by atoms with van der Waals surface area (Å²) in [6.45, 7) is 3.31. The Morgan fingerprint density at radius 3 is 2.35 bits per heavy atom. The topological polar surface area (TPSA) is 75.7 Å². The van der Waals surface area contributed by atoms with Gasteiger partial charge in [-0.3, -0.25) is 9.10 Å². The number of nitrogens with zero attached hydrogens (tertiary/aromatic N) is 1. The number of halogens is 1. The van der Waals surface area contributed by atoms with Gasteiger partial charge in [0.2, 0.25) is 5.91 Å². The number of anilines is 2. The molecule has 0 unspecified atom stereocenters. The number of rotatable bonds is 7. The van der Waals surface area contributed by atoms with E-state index in [2.05, 4.69) is 5.32 Å². The van der Waals surface area contributed by atoms with E-state index in [4.69, 9.17) is 16.3 Å². The molecule has 0 saturated heterocycles. The lowest BCUT2D eigenvalue weighted by Gasteiger charge is -2.26. The first kappa shape index (κ1) is 22.7. The maximum Gasteiger partial charge on any atom is 0.264 e. The molecular formula is C23H23ClN2O4S. The summed E-state index contributed by atoms with van der Waals surface area (Å²) in [5.41, 5.74) is 2.65. The van der Waals surface area contributed by atoms with Gasteiger partial charge in [0.05, 0.1) is 17.7 Å². The minimum atomic E-state index is -4.08. The third-order valence-electron chi connectivity index (χ3n) is 4.61. The van der Waals surface area contributed by atoms with Crippen molar-refractivity contribution in [2.75, 3.05) is 23.3 Å². The first-order valence-corrected chi connectivity index (χ1v) is 11.3. The van der Waals surface area contributed by atoms with Crippen molar-refractivity contribution in [2.45, 2.75) is 18.7 Å². The zero-order valence-corrected chi connectivity index (χ0v) is 19.0. The average molecular weight is 459 g/mol. The van der Waals surface area contributed by atoms with Crippen molar-refractivity contribution in [1.82, 2.24) is 0 Å². The average Bonchev–Trinajstić information content (AvgIpc) is 2.72. The van der Waals surface area contributed by atoms with E-state index in [1.807, 2.05) is 26.0 Å². The highest BCUT2D eigenvalue weighted by Gasteiger charge is 2.29. The molecule has 0 aromatic heterocycles. The quantitative estimate of drug-likeness (QED) is 0.551. The van der Waals surface area contributed by atoms with Crippen LogP contribution in [0, 0.1) is 13.8 Å². The molecule has 162 valence electrons. The lowest BCUT2D eigenvalue weighted by atomic mass is 10.2. The molecule has 0 aliphatic rings. The standard InChI is InChI=1S/C23H23ClN2O4S/c1-16-7-10-20(11-8-16)31(28,29)26(21-14-18(24)9-12-22(21)30-3)15-23(27)25-19-6-4-5-17(2)13-19/h4-14H,15H2,1-3H3,(H,25,27). The van der Waals surface area contributed by atoms with Crippen LogP contribution in [0.2, 0.25) is 5.02 Å². The molecule has 0 fully saturated rings. The maximum absolute atomic E-state index is 13.5. The highest BCUT2D eigenvalue weighted by Crippen LogP contribution is 2.35. The molecule has 0 saturated carbocycles. The Hall–Kier alpha value is -3.03. The summed E-state index contributed by atoms with van der Waals surface area (Å²) >= 11 is 6.14. The SMILES string of the molecule is COc1ccc(Cl)cc1N(CC(=O)Nc1cccc(C)c1)S(=O)(=O)c1ccc(C)cc1. The van der Waals surface area contributed by atoms with Gasteiger partial charge >= 0.3 is 0 Å². The lowest BCUT2D eigenvalue weighted by molar-refractivity contribution is -0.114. The van der Waals surface area contributed by atoms with Gasteiger partial charge in [-0.25, -0.2) is 8.42 Å². The van der Waals surface area contributed by atoms with E-state index in [-0.39, 0.29) is 16.3 Å². The molecule has 0 heterocycles. The van der Waals surface area contributed by atoms with Crippen LogP contribution in [0.4, 0.5) is 11.4 Å². The van der Waals surface area contributed by atoms with Crippen LogP contribution >= 0.6 is 11.6 Å². The van der Waals surface area contributed by atoms with E-state index in [0.717, 1.165) is 15.4 Å². The van der Waals surface area contributed by atoms with Gasteiger partial charge in [0, 0.05) is 10.7 Å². The fourth-order valence-corrected chi connectivity index (χ4v) is 4.64. The molecule has 3 aromatic carbocycles. The number of amides is 1. The van der Waals surface area contributed by atoms with Gasteiger partial charge in [0.25, 0.3) is 10.0 Å². The van der Waals surface area contributed by atoms with Crippen LogP contribution in [0.25, 0.3) is 0 Å². The lowest BCUT2D eigenvalue weighted by Crippen LogP contribution is -2.38. The first-order valence-electron chi connectivity index (χ1n) is 9.50. The second-order valence-corrected chi connectivity index (χ2v) is 9.36. The number of hydrogen-bond donors (Lipinski definition) is 1. The number of aryl methyl sites for hydroxylation is 2. The largest absolute Gasteiger partial charge is 0.495 e. The minimum absolute atomic E-state index is 0.0588. The summed E-state index contributed by atoms with van der Waals surface area (Å²) in [6.07, 6.45) is 0. The fraction of sp³-hybridized carbons (Fsp3) is 0.174. The minimum Gasteiger partial charge on any atom is -0.495 e. The molecule has 1 amide bonds. The smallest absolute Gasteiger partial charge is 0.264 e.